The molecule has 0 unspecified atom stereocenters. The topological polar surface area (TPSA) is 42.1 Å². The monoisotopic (exact) mass is 291 g/mol. The zero-order chi connectivity index (χ0) is 12.1. The Morgan fingerprint density at radius 3 is 2.59 bits per heavy atom. The number of esters is 1. The molecule has 0 fully saturated rings. The van der Waals surface area contributed by atoms with Crippen molar-refractivity contribution in [2.24, 2.45) is 0 Å². The highest BCUT2D eigenvalue weighted by molar-refractivity contribution is 9.11. The van der Waals surface area contributed by atoms with E-state index in [1.165, 1.54) is 0 Å². The number of halogens is 1. The summed E-state index contributed by atoms with van der Waals surface area (Å²) in [6.07, 6.45) is 3.58. The van der Waals surface area contributed by atoms with Crippen LogP contribution in [0.15, 0.2) is 47.6 Å². The molecule has 0 aliphatic rings. The van der Waals surface area contributed by atoms with Gasteiger partial charge >= 0.3 is 5.97 Å². The number of H-pyrrole nitrogens is 1. The van der Waals surface area contributed by atoms with Crippen LogP contribution >= 0.6 is 15.9 Å². The molecule has 0 bridgehead atoms. The Morgan fingerprint density at radius 1 is 1.24 bits per heavy atom. The van der Waals surface area contributed by atoms with Crippen molar-refractivity contribution >= 4 is 28.0 Å². The molecule has 1 aromatic carbocycles. The van der Waals surface area contributed by atoms with E-state index in [4.69, 9.17) is 4.74 Å². The summed E-state index contributed by atoms with van der Waals surface area (Å²) in [6.45, 7) is 0. The number of aromatic amines is 1. The van der Waals surface area contributed by atoms with Crippen LogP contribution in [0.25, 0.3) is 6.08 Å². The van der Waals surface area contributed by atoms with Crippen LogP contribution in [0.5, 0.6) is 5.75 Å². The van der Waals surface area contributed by atoms with Crippen LogP contribution in [0.3, 0.4) is 0 Å². The third-order valence-electron chi connectivity index (χ3n) is 2.16. The molecule has 0 saturated carbocycles. The summed E-state index contributed by atoms with van der Waals surface area (Å²) in [7, 11) is 0. The Kier molecular flexibility index (Phi) is 3.77. The van der Waals surface area contributed by atoms with Gasteiger partial charge in [0.05, 0.1) is 0 Å². The molecule has 1 N–H and O–H groups in total. The first-order chi connectivity index (χ1) is 8.29. The van der Waals surface area contributed by atoms with E-state index in [9.17, 15) is 4.79 Å². The second-order valence-electron chi connectivity index (χ2n) is 3.34. The summed E-state index contributed by atoms with van der Waals surface area (Å²) < 4.78 is 5.19. The fourth-order valence-electron chi connectivity index (χ4n) is 1.34. The number of nitrogens with one attached hydrogen (secondary N) is 1. The molecule has 1 aromatic heterocycles. The first kappa shape index (κ1) is 11.7. The lowest BCUT2D eigenvalue weighted by Crippen LogP contribution is -2.08. The van der Waals surface area contributed by atoms with Crippen molar-refractivity contribution in [2.75, 3.05) is 0 Å². The average molecular weight is 292 g/mol. The summed E-state index contributed by atoms with van der Waals surface area (Å²) in [5.74, 6) is 0.134. The zero-order valence-corrected chi connectivity index (χ0v) is 10.5. The highest BCUT2D eigenvalue weighted by atomic mass is 79.9. The number of carbonyl (C=O) groups excluding carboxylic acids is 1. The van der Waals surface area contributed by atoms with Gasteiger partial charge in [-0.3, -0.25) is 0 Å². The highest BCUT2D eigenvalue weighted by Gasteiger charge is 2.08. The van der Waals surface area contributed by atoms with E-state index in [0.717, 1.165) is 5.56 Å². The van der Waals surface area contributed by atoms with Crippen LogP contribution in [0.4, 0.5) is 0 Å². The van der Waals surface area contributed by atoms with Gasteiger partial charge in [0.25, 0.3) is 0 Å². The molecule has 86 valence electrons. The molecule has 2 aromatic rings. The number of hydrogen-bond donors (Lipinski definition) is 1. The lowest BCUT2D eigenvalue weighted by Gasteiger charge is -2.02. The first-order valence-electron chi connectivity index (χ1n) is 5.02. The van der Waals surface area contributed by atoms with Gasteiger partial charge in [-0.05, 0) is 40.9 Å². The maximum atomic E-state index is 11.6. The molecule has 0 aliphatic carbocycles. The van der Waals surface area contributed by atoms with Gasteiger partial charge in [0, 0.05) is 6.20 Å². The summed E-state index contributed by atoms with van der Waals surface area (Å²) in [6, 6.07) is 10.7. The van der Waals surface area contributed by atoms with Gasteiger partial charge in [0.1, 0.15) is 11.4 Å². The van der Waals surface area contributed by atoms with Gasteiger partial charge in [0.2, 0.25) is 0 Å². The minimum atomic E-state index is -0.390. The van der Waals surface area contributed by atoms with Crippen molar-refractivity contribution in [3.63, 3.8) is 0 Å². The molecule has 1 heterocycles. The van der Waals surface area contributed by atoms with Gasteiger partial charge in [0.15, 0.2) is 0 Å². The van der Waals surface area contributed by atoms with Crippen molar-refractivity contribution < 1.29 is 9.53 Å². The lowest BCUT2D eigenvalue weighted by atomic mass is 10.2. The molecular formula is C13H10BrNO2. The zero-order valence-electron chi connectivity index (χ0n) is 8.89. The van der Waals surface area contributed by atoms with Gasteiger partial charge in [-0.2, -0.15) is 0 Å². The molecule has 4 heteroatoms. The number of benzene rings is 1. The molecule has 0 aliphatic heterocycles. The second kappa shape index (κ2) is 5.50. The Morgan fingerprint density at radius 2 is 2.00 bits per heavy atom. The number of hydrogen-bond acceptors (Lipinski definition) is 2. The van der Waals surface area contributed by atoms with Crippen molar-refractivity contribution in [3.05, 3.63) is 58.8 Å². The van der Waals surface area contributed by atoms with Gasteiger partial charge in [-0.25, -0.2) is 4.79 Å². The number of carbonyl (C=O) groups is 1. The largest absolute Gasteiger partial charge is 0.422 e. The summed E-state index contributed by atoms with van der Waals surface area (Å²) in [4.78, 5) is 16.2. The lowest BCUT2D eigenvalue weighted by molar-refractivity contribution is 0.0729. The number of ether oxygens (including phenoxy) is 1. The molecule has 0 radical (unpaired) electrons. The minimum absolute atomic E-state index is 0.390. The maximum absolute atomic E-state index is 11.6. The van der Waals surface area contributed by atoms with E-state index in [0.29, 0.717) is 11.4 Å². The predicted molar refractivity (Wildman–Crippen MR) is 70.2 cm³/mol. The molecule has 0 saturated heterocycles. The molecule has 17 heavy (non-hydrogen) atoms. The fourth-order valence-corrected chi connectivity index (χ4v) is 1.64. The smallest absolute Gasteiger partial charge is 0.360 e. The van der Waals surface area contributed by atoms with Crippen molar-refractivity contribution in [1.29, 1.82) is 0 Å². The van der Waals surface area contributed by atoms with E-state index >= 15 is 0 Å². The molecule has 0 atom stereocenters. The third kappa shape index (κ3) is 3.07. The van der Waals surface area contributed by atoms with Crippen LogP contribution in [0.1, 0.15) is 16.1 Å². The van der Waals surface area contributed by atoms with Gasteiger partial charge in [-0.15, -0.1) is 0 Å². The third-order valence-corrected chi connectivity index (χ3v) is 2.43. The fraction of sp³-hybridized carbons (Fsp3) is 0. The molecular weight excluding hydrogens is 282 g/mol. The average Bonchev–Trinajstić information content (AvgIpc) is 2.86. The highest BCUT2D eigenvalue weighted by Crippen LogP contribution is 2.15. The summed E-state index contributed by atoms with van der Waals surface area (Å²) >= 11 is 3.20. The molecule has 0 spiro atoms. The predicted octanol–water partition coefficient (Wildman–Crippen LogP) is 3.60. The normalized spacial score (nSPS) is 10.6. The standard InChI is InChI=1S/C13H10BrNO2/c14-8-7-10-3-5-11(6-4-10)17-13(16)12-2-1-9-15-12/h1-9,15H/b8-7+. The van der Waals surface area contributed by atoms with Crippen LogP contribution in [0, 0.1) is 0 Å². The number of aromatic nitrogens is 1. The van der Waals surface area contributed by atoms with Crippen LogP contribution in [0.2, 0.25) is 0 Å². The first-order valence-corrected chi connectivity index (χ1v) is 5.93. The summed E-state index contributed by atoms with van der Waals surface area (Å²) in [5, 5.41) is 0. The Balaban J connectivity index is 2.06. The van der Waals surface area contributed by atoms with E-state index in [-0.39, 0.29) is 0 Å². The van der Waals surface area contributed by atoms with Crippen molar-refractivity contribution in [2.45, 2.75) is 0 Å². The quantitative estimate of drug-likeness (QED) is 0.693. The molecule has 2 rings (SSSR count). The number of rotatable bonds is 3. The molecule has 3 nitrogen and oxygen atoms in total. The van der Waals surface area contributed by atoms with E-state index in [1.54, 1.807) is 35.4 Å². The van der Waals surface area contributed by atoms with E-state index in [1.807, 2.05) is 18.2 Å². The maximum Gasteiger partial charge on any atom is 0.360 e. The van der Waals surface area contributed by atoms with Crippen molar-refractivity contribution in [3.8, 4) is 5.75 Å². The SMILES string of the molecule is O=C(Oc1ccc(/C=C/Br)cc1)c1ccc[nH]1. The van der Waals surface area contributed by atoms with Gasteiger partial charge in [-0.1, -0.05) is 28.1 Å². The Bertz CT molecular complexity index is 515. The van der Waals surface area contributed by atoms with Crippen LogP contribution < -0.4 is 4.74 Å². The van der Waals surface area contributed by atoms with E-state index < -0.39 is 5.97 Å². The van der Waals surface area contributed by atoms with Crippen molar-refractivity contribution in [1.82, 2.24) is 4.98 Å². The Labute approximate surface area is 107 Å². The van der Waals surface area contributed by atoms with Crippen LogP contribution in [-0.2, 0) is 0 Å². The summed E-state index contributed by atoms with van der Waals surface area (Å²) in [5.41, 5.74) is 1.47. The minimum Gasteiger partial charge on any atom is -0.422 e. The Hall–Kier alpha value is -1.81. The second-order valence-corrected chi connectivity index (χ2v) is 3.86. The van der Waals surface area contributed by atoms with Gasteiger partial charge < -0.3 is 9.72 Å². The van der Waals surface area contributed by atoms with E-state index in [2.05, 4.69) is 20.9 Å². The molecule has 0 amide bonds. The van der Waals surface area contributed by atoms with Crippen LogP contribution in [-0.4, -0.2) is 11.0 Å².